The van der Waals surface area contributed by atoms with Crippen LogP contribution in [0.2, 0.25) is 0 Å². The van der Waals surface area contributed by atoms with Gasteiger partial charge < -0.3 is 9.47 Å². The van der Waals surface area contributed by atoms with E-state index in [2.05, 4.69) is 27.7 Å². The molecule has 128 valence electrons. The van der Waals surface area contributed by atoms with E-state index in [4.69, 9.17) is 9.47 Å². The molecule has 0 aliphatic rings. The normalized spacial score (nSPS) is 10.9. The number of ether oxygens (including phenoxy) is 2. The van der Waals surface area contributed by atoms with Crippen LogP contribution in [0.5, 0.6) is 11.5 Å². The molecule has 0 aliphatic carbocycles. The van der Waals surface area contributed by atoms with E-state index in [-0.39, 0.29) is 5.78 Å². The minimum Gasteiger partial charge on any atom is -0.493 e. The molecular formula is C21H26O3. The van der Waals surface area contributed by atoms with Crippen molar-refractivity contribution in [3.63, 3.8) is 0 Å². The molecule has 0 saturated heterocycles. The molecule has 0 saturated carbocycles. The van der Waals surface area contributed by atoms with Gasteiger partial charge in [0.2, 0.25) is 0 Å². The summed E-state index contributed by atoms with van der Waals surface area (Å²) in [5.74, 6) is 2.53. The number of hydrogen-bond donors (Lipinski definition) is 0. The molecule has 0 aliphatic heterocycles. The molecule has 0 amide bonds. The Labute approximate surface area is 144 Å². The van der Waals surface area contributed by atoms with E-state index in [9.17, 15) is 4.79 Å². The van der Waals surface area contributed by atoms with Crippen LogP contribution < -0.4 is 9.47 Å². The van der Waals surface area contributed by atoms with Gasteiger partial charge in [-0.3, -0.25) is 4.79 Å². The molecule has 2 rings (SSSR count). The van der Waals surface area contributed by atoms with E-state index < -0.39 is 0 Å². The molecule has 3 heteroatoms. The first-order chi connectivity index (χ1) is 11.5. The summed E-state index contributed by atoms with van der Waals surface area (Å²) in [4.78, 5) is 12.5. The summed E-state index contributed by atoms with van der Waals surface area (Å²) in [6, 6.07) is 14.6. The van der Waals surface area contributed by atoms with E-state index in [1.54, 1.807) is 24.3 Å². The molecule has 0 fully saturated rings. The van der Waals surface area contributed by atoms with Crippen molar-refractivity contribution in [1.82, 2.24) is 0 Å². The Morgan fingerprint density at radius 1 is 0.708 bits per heavy atom. The van der Waals surface area contributed by atoms with Crippen LogP contribution in [0.25, 0.3) is 0 Å². The smallest absolute Gasteiger partial charge is 0.193 e. The van der Waals surface area contributed by atoms with Gasteiger partial charge in [0.15, 0.2) is 5.78 Å². The van der Waals surface area contributed by atoms with Crippen LogP contribution in [-0.2, 0) is 0 Å². The maximum Gasteiger partial charge on any atom is 0.193 e. The molecule has 0 bridgehead atoms. The SMILES string of the molecule is CC(C)COc1ccc(C(=O)c2ccc(OCC(C)C)cc2)cc1. The monoisotopic (exact) mass is 326 g/mol. The number of hydrogen-bond acceptors (Lipinski definition) is 3. The van der Waals surface area contributed by atoms with E-state index >= 15 is 0 Å². The highest BCUT2D eigenvalue weighted by molar-refractivity contribution is 6.09. The van der Waals surface area contributed by atoms with Crippen LogP contribution in [0.1, 0.15) is 43.6 Å². The van der Waals surface area contributed by atoms with Crippen LogP contribution in [-0.4, -0.2) is 19.0 Å². The van der Waals surface area contributed by atoms with Gasteiger partial charge >= 0.3 is 0 Å². The van der Waals surface area contributed by atoms with E-state index in [0.29, 0.717) is 36.2 Å². The molecule has 24 heavy (non-hydrogen) atoms. The van der Waals surface area contributed by atoms with Crippen LogP contribution in [0, 0.1) is 11.8 Å². The zero-order valence-corrected chi connectivity index (χ0v) is 14.9. The Morgan fingerprint density at radius 2 is 1.04 bits per heavy atom. The van der Waals surface area contributed by atoms with Gasteiger partial charge in [-0.2, -0.15) is 0 Å². The van der Waals surface area contributed by atoms with Crippen molar-refractivity contribution in [3.8, 4) is 11.5 Å². The molecule has 0 radical (unpaired) electrons. The highest BCUT2D eigenvalue weighted by Crippen LogP contribution is 2.18. The fourth-order valence-corrected chi connectivity index (χ4v) is 2.10. The number of benzene rings is 2. The van der Waals surface area contributed by atoms with Gasteiger partial charge in [0.25, 0.3) is 0 Å². The second kappa shape index (κ2) is 8.53. The van der Waals surface area contributed by atoms with Crippen LogP contribution in [0.15, 0.2) is 48.5 Å². The van der Waals surface area contributed by atoms with Gasteiger partial charge in [-0.1, -0.05) is 27.7 Å². The third-order valence-electron chi connectivity index (χ3n) is 3.40. The van der Waals surface area contributed by atoms with E-state index in [1.807, 2.05) is 24.3 Å². The van der Waals surface area contributed by atoms with Crippen molar-refractivity contribution in [2.24, 2.45) is 11.8 Å². The highest BCUT2D eigenvalue weighted by atomic mass is 16.5. The molecule has 0 aromatic heterocycles. The summed E-state index contributed by atoms with van der Waals surface area (Å²) >= 11 is 0. The average molecular weight is 326 g/mol. The lowest BCUT2D eigenvalue weighted by atomic mass is 10.0. The number of carbonyl (C=O) groups excluding carboxylic acids is 1. The van der Waals surface area contributed by atoms with Gasteiger partial charge in [0, 0.05) is 11.1 Å². The third kappa shape index (κ3) is 5.41. The summed E-state index contributed by atoms with van der Waals surface area (Å²) in [6.45, 7) is 9.76. The van der Waals surface area contributed by atoms with Gasteiger partial charge in [-0.15, -0.1) is 0 Å². The molecule has 3 nitrogen and oxygen atoms in total. The molecule has 0 heterocycles. The zero-order chi connectivity index (χ0) is 17.5. The van der Waals surface area contributed by atoms with Gasteiger partial charge in [0.05, 0.1) is 13.2 Å². The van der Waals surface area contributed by atoms with Gasteiger partial charge in [-0.25, -0.2) is 0 Å². The third-order valence-corrected chi connectivity index (χ3v) is 3.40. The quantitative estimate of drug-likeness (QED) is 0.641. The molecule has 0 spiro atoms. The van der Waals surface area contributed by atoms with Crippen molar-refractivity contribution in [2.45, 2.75) is 27.7 Å². The van der Waals surface area contributed by atoms with Crippen molar-refractivity contribution in [1.29, 1.82) is 0 Å². The number of rotatable bonds is 8. The zero-order valence-electron chi connectivity index (χ0n) is 14.9. The first-order valence-electron chi connectivity index (χ1n) is 8.46. The maximum absolute atomic E-state index is 12.5. The molecular weight excluding hydrogens is 300 g/mol. The van der Waals surface area contributed by atoms with Crippen molar-refractivity contribution >= 4 is 5.78 Å². The fraction of sp³-hybridized carbons (Fsp3) is 0.381. The fourth-order valence-electron chi connectivity index (χ4n) is 2.10. The minimum absolute atomic E-state index is 0.000758. The molecule has 2 aromatic carbocycles. The Hall–Kier alpha value is -2.29. The van der Waals surface area contributed by atoms with Crippen LogP contribution in [0.3, 0.4) is 0 Å². The maximum atomic E-state index is 12.5. The first kappa shape index (κ1) is 18.1. The first-order valence-corrected chi connectivity index (χ1v) is 8.46. The number of ketones is 1. The summed E-state index contributed by atoms with van der Waals surface area (Å²) < 4.78 is 11.3. The molecule has 2 aromatic rings. The second-order valence-electron chi connectivity index (χ2n) is 6.79. The minimum atomic E-state index is 0.000758. The Bertz CT molecular complexity index is 582. The second-order valence-corrected chi connectivity index (χ2v) is 6.79. The number of carbonyl (C=O) groups is 1. The summed E-state index contributed by atoms with van der Waals surface area (Å²) in [5.41, 5.74) is 1.31. The van der Waals surface area contributed by atoms with Crippen molar-refractivity contribution < 1.29 is 14.3 Å². The predicted molar refractivity (Wildman–Crippen MR) is 97.0 cm³/mol. The van der Waals surface area contributed by atoms with Gasteiger partial charge in [-0.05, 0) is 60.4 Å². The van der Waals surface area contributed by atoms with Crippen LogP contribution >= 0.6 is 0 Å². The largest absolute Gasteiger partial charge is 0.493 e. The molecule has 0 unspecified atom stereocenters. The van der Waals surface area contributed by atoms with E-state index in [1.165, 1.54) is 0 Å². The lowest BCUT2D eigenvalue weighted by Gasteiger charge is -2.10. The molecule has 0 atom stereocenters. The average Bonchev–Trinajstić information content (AvgIpc) is 2.58. The standard InChI is InChI=1S/C21H26O3/c1-15(2)13-23-19-9-5-17(6-10-19)21(22)18-7-11-20(12-8-18)24-14-16(3)4/h5-12,15-16H,13-14H2,1-4H3. The lowest BCUT2D eigenvalue weighted by Crippen LogP contribution is -2.06. The van der Waals surface area contributed by atoms with E-state index in [0.717, 1.165) is 11.5 Å². The van der Waals surface area contributed by atoms with Crippen molar-refractivity contribution in [3.05, 3.63) is 59.7 Å². The van der Waals surface area contributed by atoms with Crippen LogP contribution in [0.4, 0.5) is 0 Å². The summed E-state index contributed by atoms with van der Waals surface area (Å²) in [5, 5.41) is 0. The topological polar surface area (TPSA) is 35.5 Å². The van der Waals surface area contributed by atoms with Crippen molar-refractivity contribution in [2.75, 3.05) is 13.2 Å². The summed E-state index contributed by atoms with van der Waals surface area (Å²) in [6.07, 6.45) is 0. The lowest BCUT2D eigenvalue weighted by molar-refractivity contribution is 0.103. The Kier molecular flexibility index (Phi) is 6.42. The highest BCUT2D eigenvalue weighted by Gasteiger charge is 2.10. The van der Waals surface area contributed by atoms with Gasteiger partial charge in [0.1, 0.15) is 11.5 Å². The Balaban J connectivity index is 2.00. The Morgan fingerprint density at radius 3 is 1.33 bits per heavy atom. The molecule has 0 N–H and O–H groups in total. The predicted octanol–water partition coefficient (Wildman–Crippen LogP) is 4.99. The summed E-state index contributed by atoms with van der Waals surface area (Å²) in [7, 11) is 0.